The fourth-order valence-corrected chi connectivity index (χ4v) is 4.69. The number of aromatic nitrogens is 3. The molecule has 3 aromatic rings. The second-order valence-corrected chi connectivity index (χ2v) is 8.60. The SMILES string of the molecule is COCCNC(=O)[C@@H](c1cccs1)N(C[C@H]1CCCO1)C(=O)Cn1nnc2ccccc21. The number of fused-ring (bicyclic) bond motifs is 1. The first kappa shape index (κ1) is 22.4. The molecule has 0 spiro atoms. The minimum absolute atomic E-state index is 0.0134. The number of para-hydroxylation sites is 1. The van der Waals surface area contributed by atoms with E-state index in [2.05, 4.69) is 15.6 Å². The van der Waals surface area contributed by atoms with Gasteiger partial charge in [0.15, 0.2) is 0 Å². The topological polar surface area (TPSA) is 98.6 Å². The first-order chi connectivity index (χ1) is 15.7. The van der Waals surface area contributed by atoms with Crippen LogP contribution in [0.5, 0.6) is 0 Å². The van der Waals surface area contributed by atoms with Gasteiger partial charge in [0.05, 0.1) is 18.2 Å². The van der Waals surface area contributed by atoms with Crippen LogP contribution in [0.15, 0.2) is 41.8 Å². The Hall–Kier alpha value is -2.82. The summed E-state index contributed by atoms with van der Waals surface area (Å²) in [5.74, 6) is -0.448. The Labute approximate surface area is 190 Å². The Morgan fingerprint density at radius 1 is 1.34 bits per heavy atom. The Balaban J connectivity index is 1.62. The lowest BCUT2D eigenvalue weighted by Gasteiger charge is -2.32. The third-order valence-corrected chi connectivity index (χ3v) is 6.35. The van der Waals surface area contributed by atoms with E-state index in [1.54, 1.807) is 16.7 Å². The largest absolute Gasteiger partial charge is 0.383 e. The number of rotatable bonds is 10. The molecule has 1 saturated heterocycles. The predicted octanol–water partition coefficient (Wildman–Crippen LogP) is 2.00. The fraction of sp³-hybridized carbons (Fsp3) is 0.455. The minimum Gasteiger partial charge on any atom is -0.383 e. The molecule has 2 amide bonds. The quantitative estimate of drug-likeness (QED) is 0.468. The summed E-state index contributed by atoms with van der Waals surface area (Å²) in [6.45, 7) is 1.76. The Morgan fingerprint density at radius 2 is 2.22 bits per heavy atom. The van der Waals surface area contributed by atoms with Gasteiger partial charge in [-0.15, -0.1) is 16.4 Å². The summed E-state index contributed by atoms with van der Waals surface area (Å²) in [6.07, 6.45) is 1.71. The highest BCUT2D eigenvalue weighted by atomic mass is 32.1. The van der Waals surface area contributed by atoms with Gasteiger partial charge in [-0.25, -0.2) is 4.68 Å². The molecule has 4 rings (SSSR count). The molecule has 0 bridgehead atoms. The number of nitrogens with zero attached hydrogens (tertiary/aromatic N) is 4. The maximum Gasteiger partial charge on any atom is 0.248 e. The molecule has 0 aliphatic carbocycles. The van der Waals surface area contributed by atoms with Gasteiger partial charge in [-0.2, -0.15) is 0 Å². The van der Waals surface area contributed by atoms with Gasteiger partial charge in [0, 0.05) is 31.7 Å². The molecule has 1 aromatic carbocycles. The standard InChI is InChI=1S/C22H27N5O4S/c1-30-12-10-23-22(29)21(19-9-5-13-32-19)26(14-16-6-4-11-31-16)20(28)15-27-18-8-3-2-7-17(18)24-25-27/h2-3,5,7-9,13,16,21H,4,6,10-12,14-15H2,1H3,(H,23,29)/t16-,21-/m1/s1. The molecule has 9 nitrogen and oxygen atoms in total. The van der Waals surface area contributed by atoms with Crippen LogP contribution in [-0.4, -0.2) is 71.2 Å². The van der Waals surface area contributed by atoms with Gasteiger partial charge < -0.3 is 19.7 Å². The normalized spacial score (nSPS) is 16.8. The van der Waals surface area contributed by atoms with Crippen molar-refractivity contribution >= 4 is 34.2 Å². The van der Waals surface area contributed by atoms with E-state index in [0.717, 1.165) is 28.8 Å². The number of carbonyl (C=O) groups excluding carboxylic acids is 2. The zero-order valence-corrected chi connectivity index (χ0v) is 18.8. The van der Waals surface area contributed by atoms with E-state index in [4.69, 9.17) is 9.47 Å². The van der Waals surface area contributed by atoms with Crippen molar-refractivity contribution < 1.29 is 19.1 Å². The van der Waals surface area contributed by atoms with Crippen LogP contribution in [0.3, 0.4) is 0 Å². The smallest absolute Gasteiger partial charge is 0.248 e. The summed E-state index contributed by atoms with van der Waals surface area (Å²) in [5.41, 5.74) is 1.49. The highest BCUT2D eigenvalue weighted by Crippen LogP contribution is 2.28. The molecule has 1 N–H and O–H groups in total. The lowest BCUT2D eigenvalue weighted by molar-refractivity contribution is -0.143. The highest BCUT2D eigenvalue weighted by Gasteiger charge is 2.35. The lowest BCUT2D eigenvalue weighted by Crippen LogP contribution is -2.48. The first-order valence-corrected chi connectivity index (χ1v) is 11.5. The van der Waals surface area contributed by atoms with Gasteiger partial charge in [0.1, 0.15) is 18.1 Å². The molecule has 32 heavy (non-hydrogen) atoms. The van der Waals surface area contributed by atoms with Crippen molar-refractivity contribution in [2.75, 3.05) is 33.4 Å². The predicted molar refractivity (Wildman–Crippen MR) is 120 cm³/mol. The van der Waals surface area contributed by atoms with Crippen LogP contribution in [0.25, 0.3) is 11.0 Å². The molecule has 10 heteroatoms. The average molecular weight is 458 g/mol. The molecule has 1 aliphatic rings. The van der Waals surface area contributed by atoms with Gasteiger partial charge in [-0.1, -0.05) is 23.4 Å². The lowest BCUT2D eigenvalue weighted by atomic mass is 10.1. The van der Waals surface area contributed by atoms with E-state index in [9.17, 15) is 9.59 Å². The highest BCUT2D eigenvalue weighted by molar-refractivity contribution is 7.10. The monoisotopic (exact) mass is 457 g/mol. The Kier molecular flexibility index (Phi) is 7.46. The van der Waals surface area contributed by atoms with Crippen molar-refractivity contribution in [2.24, 2.45) is 0 Å². The molecule has 3 heterocycles. The fourth-order valence-electron chi connectivity index (χ4n) is 3.86. The summed E-state index contributed by atoms with van der Waals surface area (Å²) in [5, 5.41) is 13.1. The molecule has 170 valence electrons. The second-order valence-electron chi connectivity index (χ2n) is 7.62. The first-order valence-electron chi connectivity index (χ1n) is 10.7. The van der Waals surface area contributed by atoms with Crippen LogP contribution in [0.4, 0.5) is 0 Å². The van der Waals surface area contributed by atoms with Crippen molar-refractivity contribution in [2.45, 2.75) is 31.5 Å². The van der Waals surface area contributed by atoms with Crippen LogP contribution < -0.4 is 5.32 Å². The van der Waals surface area contributed by atoms with Crippen molar-refractivity contribution in [1.29, 1.82) is 0 Å². The molecule has 0 radical (unpaired) electrons. The molecular weight excluding hydrogens is 430 g/mol. The zero-order chi connectivity index (χ0) is 22.3. The molecule has 0 saturated carbocycles. The number of carbonyl (C=O) groups is 2. The number of benzene rings is 1. The van der Waals surface area contributed by atoms with E-state index in [1.165, 1.54) is 11.3 Å². The molecule has 0 unspecified atom stereocenters. The average Bonchev–Trinajstić information content (AvgIpc) is 3.57. The van der Waals surface area contributed by atoms with Gasteiger partial charge in [-0.05, 0) is 36.4 Å². The number of ether oxygens (including phenoxy) is 2. The van der Waals surface area contributed by atoms with Crippen molar-refractivity contribution in [1.82, 2.24) is 25.2 Å². The van der Waals surface area contributed by atoms with Crippen LogP contribution in [0.1, 0.15) is 23.8 Å². The maximum atomic E-state index is 13.6. The summed E-state index contributed by atoms with van der Waals surface area (Å²) in [6, 6.07) is 10.5. The van der Waals surface area contributed by atoms with Gasteiger partial charge in [-0.3, -0.25) is 9.59 Å². The van der Waals surface area contributed by atoms with Crippen molar-refractivity contribution in [3.05, 3.63) is 46.7 Å². The van der Waals surface area contributed by atoms with Crippen LogP contribution >= 0.6 is 11.3 Å². The number of hydrogen-bond acceptors (Lipinski definition) is 7. The van der Waals surface area contributed by atoms with Crippen molar-refractivity contribution in [3.63, 3.8) is 0 Å². The molecule has 1 aliphatic heterocycles. The van der Waals surface area contributed by atoms with Gasteiger partial charge >= 0.3 is 0 Å². The van der Waals surface area contributed by atoms with Crippen LogP contribution in [-0.2, 0) is 25.6 Å². The van der Waals surface area contributed by atoms with Gasteiger partial charge in [0.25, 0.3) is 0 Å². The Bertz CT molecular complexity index is 1030. The van der Waals surface area contributed by atoms with E-state index < -0.39 is 6.04 Å². The van der Waals surface area contributed by atoms with E-state index in [0.29, 0.717) is 26.3 Å². The summed E-state index contributed by atoms with van der Waals surface area (Å²) < 4.78 is 12.4. The third kappa shape index (κ3) is 5.14. The molecular formula is C22H27N5O4S. The van der Waals surface area contributed by atoms with Gasteiger partial charge in [0.2, 0.25) is 11.8 Å². The number of thiophene rings is 1. The summed E-state index contributed by atoms with van der Waals surface area (Å²) >= 11 is 1.45. The summed E-state index contributed by atoms with van der Waals surface area (Å²) in [7, 11) is 1.58. The summed E-state index contributed by atoms with van der Waals surface area (Å²) in [4.78, 5) is 29.2. The molecule has 2 aromatic heterocycles. The van der Waals surface area contributed by atoms with Crippen LogP contribution in [0, 0.1) is 0 Å². The second kappa shape index (κ2) is 10.7. The zero-order valence-electron chi connectivity index (χ0n) is 18.0. The number of hydrogen-bond donors (Lipinski definition) is 1. The van der Waals surface area contributed by atoms with E-state index >= 15 is 0 Å². The number of nitrogens with one attached hydrogen (secondary N) is 1. The minimum atomic E-state index is -0.752. The van der Waals surface area contributed by atoms with Crippen molar-refractivity contribution in [3.8, 4) is 0 Å². The maximum absolute atomic E-state index is 13.6. The molecule has 1 fully saturated rings. The molecule has 2 atom stereocenters. The van der Waals surface area contributed by atoms with Crippen LogP contribution in [0.2, 0.25) is 0 Å². The number of methoxy groups -OCH3 is 1. The van der Waals surface area contributed by atoms with E-state index in [1.807, 2.05) is 41.8 Å². The number of amides is 2. The Morgan fingerprint density at radius 3 is 2.97 bits per heavy atom. The van der Waals surface area contributed by atoms with E-state index in [-0.39, 0.29) is 24.5 Å². The third-order valence-electron chi connectivity index (χ3n) is 5.43.